The van der Waals surface area contributed by atoms with Gasteiger partial charge in [-0.05, 0) is 24.3 Å². The Morgan fingerprint density at radius 3 is 3.06 bits per heavy atom. The number of nitrogens with zero attached hydrogens (tertiary/aromatic N) is 4. The summed E-state index contributed by atoms with van der Waals surface area (Å²) in [5.74, 6) is 1.19. The molecule has 3 rings (SSSR count). The number of rotatable bonds is 4. The molecule has 6 heteroatoms. The molecule has 1 aliphatic rings. The highest BCUT2D eigenvalue weighted by molar-refractivity contribution is 7.16. The molecule has 92 valence electrons. The Hall–Kier alpha value is -1.87. The van der Waals surface area contributed by atoms with E-state index >= 15 is 0 Å². The molecular formula is C12H13N5S. The normalized spacial score (nSPS) is 14.6. The quantitative estimate of drug-likeness (QED) is 0.910. The summed E-state index contributed by atoms with van der Waals surface area (Å²) < 4.78 is 0. The molecule has 0 radical (unpaired) electrons. The van der Waals surface area contributed by atoms with E-state index in [2.05, 4.69) is 20.9 Å². The Bertz CT molecular complexity index is 610. The highest BCUT2D eigenvalue weighted by atomic mass is 32.1. The molecule has 0 atom stereocenters. The minimum absolute atomic E-state index is 0.308. The summed E-state index contributed by atoms with van der Waals surface area (Å²) in [6.07, 6.45) is 2.84. The zero-order valence-electron chi connectivity index (χ0n) is 9.83. The molecule has 0 saturated heterocycles. The summed E-state index contributed by atoms with van der Waals surface area (Å²) in [5, 5.41) is 11.8. The third-order valence-electron chi connectivity index (χ3n) is 3.05. The van der Waals surface area contributed by atoms with Gasteiger partial charge in [-0.3, -0.25) is 0 Å². The second-order valence-corrected chi connectivity index (χ2v) is 5.27. The van der Waals surface area contributed by atoms with Gasteiger partial charge in [-0.1, -0.05) is 0 Å². The summed E-state index contributed by atoms with van der Waals surface area (Å²) in [6.45, 7) is 0.711. The molecule has 5 nitrogen and oxygen atoms in total. The van der Waals surface area contributed by atoms with E-state index in [4.69, 9.17) is 11.0 Å². The number of hydrogen-bond acceptors (Lipinski definition) is 6. The van der Waals surface area contributed by atoms with Gasteiger partial charge in [0.05, 0.1) is 17.9 Å². The van der Waals surface area contributed by atoms with E-state index in [1.807, 2.05) is 11.4 Å². The van der Waals surface area contributed by atoms with Gasteiger partial charge in [0, 0.05) is 12.6 Å². The van der Waals surface area contributed by atoms with Crippen LogP contribution in [0.1, 0.15) is 19.3 Å². The molecule has 2 aromatic heterocycles. The topological polar surface area (TPSA) is 78.8 Å². The third-order valence-corrected chi connectivity index (χ3v) is 3.85. The first-order valence-corrected chi connectivity index (χ1v) is 6.82. The van der Waals surface area contributed by atoms with Crippen molar-refractivity contribution >= 4 is 33.3 Å². The van der Waals surface area contributed by atoms with E-state index in [0.717, 1.165) is 16.0 Å². The predicted molar refractivity (Wildman–Crippen MR) is 72.4 cm³/mol. The van der Waals surface area contributed by atoms with Gasteiger partial charge in [-0.25, -0.2) is 4.98 Å². The van der Waals surface area contributed by atoms with Crippen LogP contribution in [0.2, 0.25) is 0 Å². The van der Waals surface area contributed by atoms with Crippen molar-refractivity contribution in [3.05, 3.63) is 11.4 Å². The lowest BCUT2D eigenvalue weighted by atomic mass is 10.3. The number of nitriles is 1. The van der Waals surface area contributed by atoms with E-state index in [1.54, 1.807) is 11.3 Å². The van der Waals surface area contributed by atoms with Crippen LogP contribution >= 0.6 is 11.3 Å². The van der Waals surface area contributed by atoms with Gasteiger partial charge >= 0.3 is 0 Å². The number of hydrogen-bond donors (Lipinski definition) is 1. The SMILES string of the molecule is N#CCCN(c1nc(N)nc2sccc12)C1CC1. The van der Waals surface area contributed by atoms with Crippen molar-refractivity contribution in [1.29, 1.82) is 5.26 Å². The summed E-state index contributed by atoms with van der Waals surface area (Å²) in [7, 11) is 0. The zero-order valence-corrected chi connectivity index (χ0v) is 10.7. The molecule has 1 saturated carbocycles. The Morgan fingerprint density at radius 2 is 2.33 bits per heavy atom. The molecule has 2 N–H and O–H groups in total. The van der Waals surface area contributed by atoms with Crippen molar-refractivity contribution in [2.45, 2.75) is 25.3 Å². The van der Waals surface area contributed by atoms with Gasteiger partial charge < -0.3 is 10.6 Å². The van der Waals surface area contributed by atoms with Crippen molar-refractivity contribution in [2.24, 2.45) is 0 Å². The fourth-order valence-corrected chi connectivity index (χ4v) is 2.86. The van der Waals surface area contributed by atoms with E-state index in [-0.39, 0.29) is 0 Å². The van der Waals surface area contributed by atoms with E-state index in [1.165, 1.54) is 12.8 Å². The smallest absolute Gasteiger partial charge is 0.223 e. The second kappa shape index (κ2) is 4.42. The second-order valence-electron chi connectivity index (χ2n) is 4.38. The van der Waals surface area contributed by atoms with E-state index < -0.39 is 0 Å². The van der Waals surface area contributed by atoms with Crippen LogP contribution in [0.15, 0.2) is 11.4 Å². The highest BCUT2D eigenvalue weighted by Crippen LogP contribution is 2.35. The number of fused-ring (bicyclic) bond motifs is 1. The molecular weight excluding hydrogens is 246 g/mol. The molecule has 1 fully saturated rings. The Kier molecular flexibility index (Phi) is 2.76. The first kappa shape index (κ1) is 11.2. The maximum Gasteiger partial charge on any atom is 0.223 e. The molecule has 0 bridgehead atoms. The number of nitrogen functional groups attached to an aromatic ring is 1. The first-order valence-electron chi connectivity index (χ1n) is 5.94. The van der Waals surface area contributed by atoms with Crippen molar-refractivity contribution < 1.29 is 0 Å². The van der Waals surface area contributed by atoms with Crippen LogP contribution in [0.3, 0.4) is 0 Å². The molecule has 1 aliphatic carbocycles. The fraction of sp³-hybridized carbons (Fsp3) is 0.417. The van der Waals surface area contributed by atoms with Gasteiger partial charge in [0.25, 0.3) is 0 Å². The lowest BCUT2D eigenvalue weighted by Gasteiger charge is -2.23. The maximum absolute atomic E-state index is 8.76. The van der Waals surface area contributed by atoms with Gasteiger partial charge in [-0.15, -0.1) is 11.3 Å². The van der Waals surface area contributed by atoms with Crippen molar-refractivity contribution in [2.75, 3.05) is 17.2 Å². The van der Waals surface area contributed by atoms with Crippen LogP contribution in [-0.2, 0) is 0 Å². The van der Waals surface area contributed by atoms with Crippen LogP contribution in [0.4, 0.5) is 11.8 Å². The Labute approximate surface area is 109 Å². The van der Waals surface area contributed by atoms with Gasteiger partial charge in [0.1, 0.15) is 10.6 Å². The summed E-state index contributed by atoms with van der Waals surface area (Å²) in [5.41, 5.74) is 5.76. The molecule has 2 heterocycles. The first-order chi connectivity index (χ1) is 8.79. The number of anilines is 2. The monoisotopic (exact) mass is 259 g/mol. The summed E-state index contributed by atoms with van der Waals surface area (Å²) in [6, 6.07) is 4.73. The summed E-state index contributed by atoms with van der Waals surface area (Å²) >= 11 is 1.57. The predicted octanol–water partition coefficient (Wildman–Crippen LogP) is 2.16. The minimum atomic E-state index is 0.308. The van der Waals surface area contributed by atoms with Crippen LogP contribution in [0.5, 0.6) is 0 Å². The largest absolute Gasteiger partial charge is 0.368 e. The van der Waals surface area contributed by atoms with Crippen LogP contribution in [0.25, 0.3) is 10.2 Å². The molecule has 0 spiro atoms. The molecule has 0 amide bonds. The van der Waals surface area contributed by atoms with Gasteiger partial charge in [0.2, 0.25) is 5.95 Å². The number of aromatic nitrogens is 2. The average molecular weight is 259 g/mol. The highest BCUT2D eigenvalue weighted by Gasteiger charge is 2.31. The molecule has 0 unspecified atom stereocenters. The number of thiophene rings is 1. The fourth-order valence-electron chi connectivity index (χ4n) is 2.09. The molecule has 0 aliphatic heterocycles. The lowest BCUT2D eigenvalue weighted by molar-refractivity contribution is 0.782. The average Bonchev–Trinajstić information content (AvgIpc) is 3.08. The molecule has 2 aromatic rings. The van der Waals surface area contributed by atoms with Crippen molar-refractivity contribution in [3.8, 4) is 6.07 Å². The Morgan fingerprint density at radius 1 is 1.50 bits per heavy atom. The van der Waals surface area contributed by atoms with Gasteiger partial charge in [-0.2, -0.15) is 10.2 Å². The van der Waals surface area contributed by atoms with Crippen LogP contribution in [0, 0.1) is 11.3 Å². The molecule has 0 aromatic carbocycles. The minimum Gasteiger partial charge on any atom is -0.368 e. The third kappa shape index (κ3) is 1.97. The zero-order chi connectivity index (χ0) is 12.5. The Balaban J connectivity index is 2.04. The summed E-state index contributed by atoms with van der Waals surface area (Å²) in [4.78, 5) is 11.7. The lowest BCUT2D eigenvalue weighted by Crippen LogP contribution is -2.28. The maximum atomic E-state index is 8.76. The van der Waals surface area contributed by atoms with Crippen LogP contribution < -0.4 is 10.6 Å². The number of nitrogens with two attached hydrogens (primary N) is 1. The van der Waals surface area contributed by atoms with Crippen molar-refractivity contribution in [1.82, 2.24) is 9.97 Å². The van der Waals surface area contributed by atoms with E-state index in [0.29, 0.717) is 25.0 Å². The van der Waals surface area contributed by atoms with E-state index in [9.17, 15) is 0 Å². The van der Waals surface area contributed by atoms with Crippen LogP contribution in [-0.4, -0.2) is 22.6 Å². The van der Waals surface area contributed by atoms with Crippen molar-refractivity contribution in [3.63, 3.8) is 0 Å². The van der Waals surface area contributed by atoms with Gasteiger partial charge in [0.15, 0.2) is 0 Å². The molecule has 18 heavy (non-hydrogen) atoms. The standard InChI is InChI=1S/C12H13N5S/c13-5-1-6-17(8-2-3-8)10-9-4-7-18-11(9)16-12(14)15-10/h4,7-8H,1-3,6H2,(H2,14,15,16).